The van der Waals surface area contributed by atoms with Crippen LogP contribution < -0.4 is 5.32 Å². The lowest BCUT2D eigenvalue weighted by atomic mass is 10.2. The summed E-state index contributed by atoms with van der Waals surface area (Å²) in [6, 6.07) is 5.00. The quantitative estimate of drug-likeness (QED) is 0.925. The zero-order chi connectivity index (χ0) is 14.5. The van der Waals surface area contributed by atoms with Crippen molar-refractivity contribution < 1.29 is 9.18 Å². The number of aromatic nitrogens is 2. The van der Waals surface area contributed by atoms with Crippen LogP contribution in [0, 0.1) is 5.82 Å². The lowest BCUT2D eigenvalue weighted by Gasteiger charge is -2.18. The molecule has 0 aliphatic rings. The maximum atomic E-state index is 14.0. The molecule has 0 unspecified atom stereocenters. The summed E-state index contributed by atoms with van der Waals surface area (Å²) in [5, 5.41) is 2.61. The van der Waals surface area contributed by atoms with E-state index in [1.807, 2.05) is 12.1 Å². The molecule has 2 heterocycles. The van der Waals surface area contributed by atoms with Crippen molar-refractivity contribution in [3.63, 3.8) is 0 Å². The molecule has 20 heavy (non-hydrogen) atoms. The average Bonchev–Trinajstić information content (AvgIpc) is 2.48. The summed E-state index contributed by atoms with van der Waals surface area (Å²) in [5.41, 5.74) is 0.931. The zero-order valence-corrected chi connectivity index (χ0v) is 11.3. The van der Waals surface area contributed by atoms with E-state index >= 15 is 0 Å². The van der Waals surface area contributed by atoms with E-state index < -0.39 is 11.7 Å². The molecule has 104 valence electrons. The monoisotopic (exact) mass is 274 g/mol. The molecule has 0 aromatic carbocycles. The SMILES string of the molecule is CNc1nccc(C(=O)N(C)Cc2ccncc2)c1F. The molecule has 0 aliphatic carbocycles. The highest BCUT2D eigenvalue weighted by Crippen LogP contribution is 2.16. The van der Waals surface area contributed by atoms with Gasteiger partial charge in [-0.15, -0.1) is 0 Å². The van der Waals surface area contributed by atoms with E-state index in [1.54, 1.807) is 26.5 Å². The third-order valence-electron chi connectivity index (χ3n) is 2.87. The number of hydrogen-bond acceptors (Lipinski definition) is 4. The molecular weight excluding hydrogens is 259 g/mol. The van der Waals surface area contributed by atoms with Crippen LogP contribution in [-0.2, 0) is 6.54 Å². The molecule has 2 aromatic heterocycles. The summed E-state index contributed by atoms with van der Waals surface area (Å²) in [5.74, 6) is -0.965. The lowest BCUT2D eigenvalue weighted by Crippen LogP contribution is -2.27. The maximum Gasteiger partial charge on any atom is 0.257 e. The van der Waals surface area contributed by atoms with Crippen molar-refractivity contribution in [2.45, 2.75) is 6.54 Å². The minimum Gasteiger partial charge on any atom is -0.371 e. The lowest BCUT2D eigenvalue weighted by molar-refractivity contribution is 0.0780. The predicted molar refractivity (Wildman–Crippen MR) is 73.8 cm³/mol. The highest BCUT2D eigenvalue weighted by atomic mass is 19.1. The molecule has 0 atom stereocenters. The van der Waals surface area contributed by atoms with Crippen LogP contribution in [0.1, 0.15) is 15.9 Å². The fourth-order valence-corrected chi connectivity index (χ4v) is 1.82. The van der Waals surface area contributed by atoms with Crippen LogP contribution >= 0.6 is 0 Å². The van der Waals surface area contributed by atoms with Gasteiger partial charge in [0.05, 0.1) is 5.56 Å². The molecule has 1 amide bonds. The number of amides is 1. The molecule has 5 nitrogen and oxygen atoms in total. The van der Waals surface area contributed by atoms with Gasteiger partial charge in [0.15, 0.2) is 11.6 Å². The van der Waals surface area contributed by atoms with E-state index in [-0.39, 0.29) is 11.4 Å². The van der Waals surface area contributed by atoms with E-state index in [1.165, 1.54) is 17.2 Å². The Bertz CT molecular complexity index is 603. The number of carbonyl (C=O) groups excluding carboxylic acids is 1. The molecule has 0 radical (unpaired) electrons. The Kier molecular flexibility index (Phi) is 4.24. The summed E-state index contributed by atoms with van der Waals surface area (Å²) < 4.78 is 14.0. The van der Waals surface area contributed by atoms with Crippen molar-refractivity contribution >= 4 is 11.7 Å². The van der Waals surface area contributed by atoms with Gasteiger partial charge in [0.1, 0.15) is 0 Å². The molecule has 0 saturated carbocycles. The molecule has 0 saturated heterocycles. The predicted octanol–water partition coefficient (Wildman–Crippen LogP) is 1.93. The van der Waals surface area contributed by atoms with Gasteiger partial charge >= 0.3 is 0 Å². The van der Waals surface area contributed by atoms with E-state index in [0.29, 0.717) is 6.54 Å². The van der Waals surface area contributed by atoms with Crippen molar-refractivity contribution in [3.8, 4) is 0 Å². The molecule has 0 aliphatic heterocycles. The number of hydrogen-bond donors (Lipinski definition) is 1. The Morgan fingerprint density at radius 3 is 2.65 bits per heavy atom. The van der Waals surface area contributed by atoms with Crippen molar-refractivity contribution in [3.05, 3.63) is 53.7 Å². The number of pyridine rings is 2. The largest absolute Gasteiger partial charge is 0.371 e. The molecule has 2 rings (SSSR count). The molecule has 1 N–H and O–H groups in total. The molecule has 0 bridgehead atoms. The number of nitrogens with zero attached hydrogens (tertiary/aromatic N) is 3. The Labute approximate surface area is 116 Å². The number of nitrogens with one attached hydrogen (secondary N) is 1. The molecule has 2 aromatic rings. The Morgan fingerprint density at radius 1 is 1.30 bits per heavy atom. The summed E-state index contributed by atoms with van der Waals surface area (Å²) in [4.78, 5) is 21.4. The van der Waals surface area contributed by atoms with Crippen LogP contribution in [0.2, 0.25) is 0 Å². The van der Waals surface area contributed by atoms with Crippen LogP contribution in [0.25, 0.3) is 0 Å². The van der Waals surface area contributed by atoms with Crippen molar-refractivity contribution in [2.24, 2.45) is 0 Å². The van der Waals surface area contributed by atoms with E-state index in [9.17, 15) is 9.18 Å². The first-order valence-electron chi connectivity index (χ1n) is 6.10. The maximum absolute atomic E-state index is 14.0. The smallest absolute Gasteiger partial charge is 0.257 e. The van der Waals surface area contributed by atoms with Crippen LogP contribution in [-0.4, -0.2) is 34.9 Å². The normalized spacial score (nSPS) is 10.2. The topological polar surface area (TPSA) is 58.1 Å². The first-order valence-corrected chi connectivity index (χ1v) is 6.10. The zero-order valence-electron chi connectivity index (χ0n) is 11.3. The Balaban J connectivity index is 2.19. The molecule has 6 heteroatoms. The molecular formula is C14H15FN4O. The van der Waals surface area contributed by atoms with E-state index in [0.717, 1.165) is 5.56 Å². The van der Waals surface area contributed by atoms with Gasteiger partial charge in [0, 0.05) is 39.2 Å². The van der Waals surface area contributed by atoms with Gasteiger partial charge in [-0.05, 0) is 23.8 Å². The first kappa shape index (κ1) is 13.9. The van der Waals surface area contributed by atoms with Gasteiger partial charge in [-0.2, -0.15) is 0 Å². The fraction of sp³-hybridized carbons (Fsp3) is 0.214. The number of halogens is 1. The summed E-state index contributed by atoms with van der Waals surface area (Å²) in [6.45, 7) is 0.387. The summed E-state index contributed by atoms with van der Waals surface area (Å²) in [7, 11) is 3.18. The van der Waals surface area contributed by atoms with Crippen molar-refractivity contribution in [1.29, 1.82) is 0 Å². The minimum atomic E-state index is -0.637. The summed E-state index contributed by atoms with van der Waals surface area (Å²) in [6.07, 6.45) is 4.71. The highest BCUT2D eigenvalue weighted by molar-refractivity contribution is 5.95. The minimum absolute atomic E-state index is 0.000839. The number of anilines is 1. The standard InChI is InChI=1S/C14H15FN4O/c1-16-13-12(15)11(5-8-18-13)14(20)19(2)9-10-3-6-17-7-4-10/h3-8H,9H2,1-2H3,(H,16,18). The summed E-state index contributed by atoms with van der Waals surface area (Å²) >= 11 is 0. The Hall–Kier alpha value is -2.50. The fourth-order valence-electron chi connectivity index (χ4n) is 1.82. The van der Waals surface area contributed by atoms with Crippen LogP contribution in [0.4, 0.5) is 10.2 Å². The average molecular weight is 274 g/mol. The third kappa shape index (κ3) is 2.90. The second kappa shape index (κ2) is 6.10. The number of carbonyl (C=O) groups is 1. The number of rotatable bonds is 4. The van der Waals surface area contributed by atoms with Crippen LogP contribution in [0.3, 0.4) is 0 Å². The molecule has 0 fully saturated rings. The highest BCUT2D eigenvalue weighted by Gasteiger charge is 2.19. The van der Waals surface area contributed by atoms with Gasteiger partial charge in [-0.25, -0.2) is 9.37 Å². The van der Waals surface area contributed by atoms with Gasteiger partial charge in [-0.3, -0.25) is 9.78 Å². The van der Waals surface area contributed by atoms with E-state index in [2.05, 4.69) is 15.3 Å². The van der Waals surface area contributed by atoms with Crippen molar-refractivity contribution in [2.75, 3.05) is 19.4 Å². The van der Waals surface area contributed by atoms with Crippen LogP contribution in [0.5, 0.6) is 0 Å². The second-order valence-corrected chi connectivity index (χ2v) is 4.29. The van der Waals surface area contributed by atoms with Gasteiger partial charge in [0.2, 0.25) is 0 Å². The first-order chi connectivity index (χ1) is 9.63. The molecule has 0 spiro atoms. The van der Waals surface area contributed by atoms with Gasteiger partial charge < -0.3 is 10.2 Å². The van der Waals surface area contributed by atoms with Crippen molar-refractivity contribution in [1.82, 2.24) is 14.9 Å². The third-order valence-corrected chi connectivity index (χ3v) is 2.87. The Morgan fingerprint density at radius 2 is 2.00 bits per heavy atom. The van der Waals surface area contributed by atoms with E-state index in [4.69, 9.17) is 0 Å². The van der Waals surface area contributed by atoms with Gasteiger partial charge in [0.25, 0.3) is 5.91 Å². The van der Waals surface area contributed by atoms with Crippen LogP contribution in [0.15, 0.2) is 36.8 Å². The van der Waals surface area contributed by atoms with Gasteiger partial charge in [-0.1, -0.05) is 0 Å². The second-order valence-electron chi connectivity index (χ2n) is 4.29.